The summed E-state index contributed by atoms with van der Waals surface area (Å²) in [5.74, 6) is -0.00569. The van der Waals surface area contributed by atoms with Gasteiger partial charge in [0.25, 0.3) is 0 Å². The van der Waals surface area contributed by atoms with E-state index in [1.165, 1.54) is 0 Å². The molecule has 0 heterocycles. The van der Waals surface area contributed by atoms with Gasteiger partial charge in [0, 0.05) is 0 Å². The number of rotatable bonds is 7. The van der Waals surface area contributed by atoms with Gasteiger partial charge in [-0.1, -0.05) is 33.6 Å². The Bertz CT molecular complexity index is 185. The molecule has 0 aromatic rings. The number of hydrogen-bond acceptors (Lipinski definition) is 2. The van der Waals surface area contributed by atoms with Crippen LogP contribution < -0.4 is 0 Å². The van der Waals surface area contributed by atoms with Gasteiger partial charge in [0.2, 0.25) is 0 Å². The van der Waals surface area contributed by atoms with Gasteiger partial charge in [-0.05, 0) is 33.1 Å². The topological polar surface area (TPSA) is 26.3 Å². The lowest BCUT2D eigenvalue weighted by molar-refractivity contribution is -0.161. The van der Waals surface area contributed by atoms with E-state index in [9.17, 15) is 4.79 Å². The van der Waals surface area contributed by atoms with E-state index in [1.807, 2.05) is 20.8 Å². The predicted molar refractivity (Wildman–Crippen MR) is 63.8 cm³/mol. The second-order valence-corrected chi connectivity index (χ2v) is 4.97. The molecule has 0 aromatic carbocycles. The maximum atomic E-state index is 11.7. The molecule has 0 spiro atoms. The summed E-state index contributed by atoms with van der Waals surface area (Å²) in [6.07, 6.45) is 5.16. The monoisotopic (exact) mass is 214 g/mol. The van der Waals surface area contributed by atoms with E-state index in [1.54, 1.807) is 0 Å². The Kier molecular flexibility index (Phi) is 6.62. The van der Waals surface area contributed by atoms with E-state index in [2.05, 4.69) is 13.8 Å². The minimum Gasteiger partial charge on any atom is -0.459 e. The Balaban J connectivity index is 4.02. The summed E-state index contributed by atoms with van der Waals surface area (Å²) in [7, 11) is 0. The third-order valence-electron chi connectivity index (χ3n) is 2.63. The van der Waals surface area contributed by atoms with Crippen LogP contribution in [0.5, 0.6) is 0 Å². The van der Waals surface area contributed by atoms with Gasteiger partial charge in [-0.2, -0.15) is 0 Å². The van der Waals surface area contributed by atoms with Crippen LogP contribution in [0.2, 0.25) is 0 Å². The Morgan fingerprint density at radius 2 is 1.87 bits per heavy atom. The van der Waals surface area contributed by atoms with Crippen LogP contribution >= 0.6 is 0 Å². The van der Waals surface area contributed by atoms with Gasteiger partial charge in [0.05, 0.1) is 5.92 Å². The van der Waals surface area contributed by atoms with Gasteiger partial charge < -0.3 is 4.74 Å². The van der Waals surface area contributed by atoms with Crippen LogP contribution in [0.3, 0.4) is 0 Å². The molecule has 0 aliphatic rings. The van der Waals surface area contributed by atoms with E-state index in [-0.39, 0.29) is 17.5 Å². The van der Waals surface area contributed by atoms with Crippen molar-refractivity contribution in [1.82, 2.24) is 0 Å². The summed E-state index contributed by atoms with van der Waals surface area (Å²) in [4.78, 5) is 11.7. The van der Waals surface area contributed by atoms with E-state index >= 15 is 0 Å². The molecule has 0 aliphatic carbocycles. The fourth-order valence-corrected chi connectivity index (χ4v) is 1.58. The smallest absolute Gasteiger partial charge is 0.309 e. The van der Waals surface area contributed by atoms with Crippen LogP contribution in [0.25, 0.3) is 0 Å². The fraction of sp³-hybridized carbons (Fsp3) is 0.923. The van der Waals surface area contributed by atoms with Crippen molar-refractivity contribution in [1.29, 1.82) is 0 Å². The zero-order chi connectivity index (χ0) is 11.9. The number of unbranched alkanes of at least 4 members (excludes halogenated alkanes) is 1. The van der Waals surface area contributed by atoms with Crippen molar-refractivity contribution in [2.75, 3.05) is 0 Å². The molecule has 0 bridgehead atoms. The third kappa shape index (κ3) is 6.53. The summed E-state index contributed by atoms with van der Waals surface area (Å²) in [6, 6.07) is 0. The number of ether oxygens (including phenoxy) is 1. The number of carbonyl (C=O) groups is 1. The first-order valence-corrected chi connectivity index (χ1v) is 6.15. The van der Waals surface area contributed by atoms with Crippen LogP contribution in [0, 0.1) is 5.92 Å². The summed E-state index contributed by atoms with van der Waals surface area (Å²) in [5, 5.41) is 0. The Hall–Kier alpha value is -0.530. The number of esters is 1. The molecule has 2 nitrogen and oxygen atoms in total. The zero-order valence-electron chi connectivity index (χ0n) is 10.9. The molecule has 0 saturated carbocycles. The molecule has 0 saturated heterocycles. The normalized spacial score (nSPS) is 13.7. The van der Waals surface area contributed by atoms with E-state index in [4.69, 9.17) is 4.74 Å². The van der Waals surface area contributed by atoms with Gasteiger partial charge >= 0.3 is 5.97 Å². The first kappa shape index (κ1) is 14.5. The average molecular weight is 214 g/mol. The molecule has 1 unspecified atom stereocenters. The molecule has 0 aliphatic heterocycles. The highest BCUT2D eigenvalue weighted by Crippen LogP contribution is 2.20. The van der Waals surface area contributed by atoms with Gasteiger partial charge in [-0.25, -0.2) is 0 Å². The third-order valence-corrected chi connectivity index (χ3v) is 2.63. The molecule has 2 heteroatoms. The molecule has 0 radical (unpaired) electrons. The van der Waals surface area contributed by atoms with E-state index in [0.29, 0.717) is 0 Å². The molecule has 0 aromatic heterocycles. The molecule has 1 atom stereocenters. The van der Waals surface area contributed by atoms with Crippen LogP contribution in [-0.2, 0) is 9.53 Å². The highest BCUT2D eigenvalue weighted by atomic mass is 16.6. The highest BCUT2D eigenvalue weighted by Gasteiger charge is 2.24. The molecule has 0 N–H and O–H groups in total. The van der Waals surface area contributed by atoms with Gasteiger partial charge in [0.1, 0.15) is 5.60 Å². The summed E-state index contributed by atoms with van der Waals surface area (Å²) in [6.45, 7) is 10.2. The predicted octanol–water partition coefficient (Wildman–Crippen LogP) is 3.93. The first-order chi connectivity index (χ1) is 6.93. The minimum absolute atomic E-state index is 0.0379. The average Bonchev–Trinajstić information content (AvgIpc) is 2.14. The SMILES string of the molecule is CCCCC(C)(C)OC(=O)C(C)CCC. The van der Waals surface area contributed by atoms with Crippen LogP contribution in [-0.4, -0.2) is 11.6 Å². The standard InChI is InChI=1S/C13H26O2/c1-6-8-10-13(4,5)15-12(14)11(3)9-7-2/h11H,6-10H2,1-5H3. The Morgan fingerprint density at radius 3 is 2.33 bits per heavy atom. The molecule has 0 amide bonds. The summed E-state index contributed by atoms with van der Waals surface area (Å²) in [5.41, 5.74) is -0.297. The van der Waals surface area contributed by atoms with Crippen molar-refractivity contribution in [3.05, 3.63) is 0 Å². The van der Waals surface area contributed by atoms with Crippen molar-refractivity contribution in [2.24, 2.45) is 5.92 Å². The minimum atomic E-state index is -0.297. The molecule has 15 heavy (non-hydrogen) atoms. The van der Waals surface area contributed by atoms with Crippen molar-refractivity contribution < 1.29 is 9.53 Å². The van der Waals surface area contributed by atoms with Crippen molar-refractivity contribution in [2.45, 2.75) is 72.3 Å². The first-order valence-electron chi connectivity index (χ1n) is 6.15. The second kappa shape index (κ2) is 6.86. The summed E-state index contributed by atoms with van der Waals surface area (Å²) >= 11 is 0. The van der Waals surface area contributed by atoms with Crippen LogP contribution in [0.1, 0.15) is 66.7 Å². The lowest BCUT2D eigenvalue weighted by Gasteiger charge is -2.26. The molecular weight excluding hydrogens is 188 g/mol. The van der Waals surface area contributed by atoms with Crippen molar-refractivity contribution in [3.63, 3.8) is 0 Å². The van der Waals surface area contributed by atoms with Gasteiger partial charge in [-0.3, -0.25) is 4.79 Å². The van der Waals surface area contributed by atoms with Crippen molar-refractivity contribution in [3.8, 4) is 0 Å². The van der Waals surface area contributed by atoms with E-state index in [0.717, 1.165) is 32.1 Å². The van der Waals surface area contributed by atoms with Gasteiger partial charge in [-0.15, -0.1) is 0 Å². The summed E-state index contributed by atoms with van der Waals surface area (Å²) < 4.78 is 5.52. The van der Waals surface area contributed by atoms with Crippen LogP contribution in [0.15, 0.2) is 0 Å². The lowest BCUT2D eigenvalue weighted by Crippen LogP contribution is -2.30. The van der Waals surface area contributed by atoms with Crippen molar-refractivity contribution >= 4 is 5.97 Å². The molecule has 0 rings (SSSR count). The van der Waals surface area contributed by atoms with Crippen LogP contribution in [0.4, 0.5) is 0 Å². The van der Waals surface area contributed by atoms with E-state index < -0.39 is 0 Å². The second-order valence-electron chi connectivity index (χ2n) is 4.97. The maximum Gasteiger partial charge on any atom is 0.309 e. The quantitative estimate of drug-likeness (QED) is 0.600. The fourth-order valence-electron chi connectivity index (χ4n) is 1.58. The van der Waals surface area contributed by atoms with Gasteiger partial charge in [0.15, 0.2) is 0 Å². The molecular formula is C13H26O2. The molecule has 0 fully saturated rings. The molecule has 90 valence electrons. The Labute approximate surface area is 94.4 Å². The lowest BCUT2D eigenvalue weighted by atomic mass is 10.0. The number of hydrogen-bond donors (Lipinski definition) is 0. The zero-order valence-corrected chi connectivity index (χ0v) is 10.9. The maximum absolute atomic E-state index is 11.7. The Morgan fingerprint density at radius 1 is 1.27 bits per heavy atom. The largest absolute Gasteiger partial charge is 0.459 e. The highest BCUT2D eigenvalue weighted by molar-refractivity contribution is 5.72. The number of carbonyl (C=O) groups excluding carboxylic acids is 1.